The maximum Gasteiger partial charge on any atom is 0.386 e. The molecule has 86 valence electrons. The van der Waals surface area contributed by atoms with E-state index in [1.807, 2.05) is 0 Å². The molecule has 0 saturated carbocycles. The van der Waals surface area contributed by atoms with Gasteiger partial charge in [0.1, 0.15) is 6.54 Å². The van der Waals surface area contributed by atoms with Gasteiger partial charge in [0.05, 0.1) is 0 Å². The van der Waals surface area contributed by atoms with Gasteiger partial charge in [-0.25, -0.2) is 0 Å². The summed E-state index contributed by atoms with van der Waals surface area (Å²) in [5.41, 5.74) is 0. The van der Waals surface area contributed by atoms with E-state index >= 15 is 0 Å². The van der Waals surface area contributed by atoms with Crippen molar-refractivity contribution in [3.8, 4) is 0 Å². The average molecular weight is 213 g/mol. The highest BCUT2D eigenvalue weighted by molar-refractivity contribution is 6.28. The molecule has 0 N–H and O–H groups in total. The van der Waals surface area contributed by atoms with Crippen LogP contribution in [0.4, 0.5) is 0 Å². The van der Waals surface area contributed by atoms with Crippen LogP contribution >= 0.6 is 0 Å². The Hall–Kier alpha value is -1.06. The zero-order chi connectivity index (χ0) is 11.1. The molecule has 0 atom stereocenters. The number of rotatable bonds is 7. The molecule has 1 heterocycles. The van der Waals surface area contributed by atoms with Crippen LogP contribution in [0.15, 0.2) is 0 Å². The third-order valence-corrected chi connectivity index (χ3v) is 2.59. The molecule has 0 aromatic rings. The lowest BCUT2D eigenvalue weighted by atomic mass is 10.1. The number of carbonyl (C=O) groups is 1. The van der Waals surface area contributed by atoms with E-state index in [0.29, 0.717) is 13.2 Å². The van der Waals surface area contributed by atoms with E-state index in [1.165, 1.54) is 19.3 Å². The highest BCUT2D eigenvalue weighted by atomic mass is 16.5. The lowest BCUT2D eigenvalue weighted by Crippen LogP contribution is -2.36. The minimum Gasteiger partial charge on any atom is -0.537 e. The molecule has 0 radical (unpaired) electrons. The quantitative estimate of drug-likeness (QED) is 0.447. The van der Waals surface area contributed by atoms with E-state index in [1.54, 1.807) is 4.58 Å². The van der Waals surface area contributed by atoms with Crippen LogP contribution in [0.1, 0.15) is 39.0 Å². The second-order valence-corrected chi connectivity index (χ2v) is 3.84. The van der Waals surface area contributed by atoms with Gasteiger partial charge in [-0.1, -0.05) is 26.2 Å². The molecule has 1 rings (SSSR count). The van der Waals surface area contributed by atoms with Gasteiger partial charge in [-0.3, -0.25) is 0 Å². The van der Waals surface area contributed by atoms with Crippen molar-refractivity contribution in [1.29, 1.82) is 0 Å². The fourth-order valence-corrected chi connectivity index (χ4v) is 1.75. The van der Waals surface area contributed by atoms with Crippen molar-refractivity contribution in [3.05, 3.63) is 0 Å². The Bertz CT molecular complexity index is 248. The minimum absolute atomic E-state index is 0.0190. The SMILES string of the molecule is CCCCCCC[N+]1=C(C(=O)[O-])OCC1. The van der Waals surface area contributed by atoms with Crippen molar-refractivity contribution in [1.82, 2.24) is 0 Å². The topological polar surface area (TPSA) is 52.4 Å². The Kier molecular flexibility index (Phi) is 5.15. The first-order valence-electron chi connectivity index (χ1n) is 5.71. The second-order valence-electron chi connectivity index (χ2n) is 3.84. The molecule has 15 heavy (non-hydrogen) atoms. The average Bonchev–Trinajstić information content (AvgIpc) is 2.66. The lowest BCUT2D eigenvalue weighted by Gasteiger charge is -2.01. The third kappa shape index (κ3) is 3.90. The molecule has 0 aliphatic carbocycles. The van der Waals surface area contributed by atoms with Gasteiger partial charge in [0, 0.05) is 6.42 Å². The van der Waals surface area contributed by atoms with Gasteiger partial charge < -0.3 is 14.6 Å². The van der Waals surface area contributed by atoms with Gasteiger partial charge in [0.2, 0.25) is 0 Å². The van der Waals surface area contributed by atoms with Crippen LogP contribution < -0.4 is 5.11 Å². The number of carboxylic acid groups (broad SMARTS) is 1. The predicted octanol–water partition coefficient (Wildman–Crippen LogP) is 0.148. The van der Waals surface area contributed by atoms with Crippen LogP contribution in [0, 0.1) is 0 Å². The van der Waals surface area contributed by atoms with E-state index in [9.17, 15) is 9.90 Å². The van der Waals surface area contributed by atoms with Crippen LogP contribution in [-0.4, -0.2) is 36.1 Å². The van der Waals surface area contributed by atoms with Crippen LogP contribution in [-0.2, 0) is 9.53 Å². The monoisotopic (exact) mass is 213 g/mol. The molecular weight excluding hydrogens is 194 g/mol. The Morgan fingerprint density at radius 1 is 1.40 bits per heavy atom. The van der Waals surface area contributed by atoms with Gasteiger partial charge in [-0.05, 0) is 6.42 Å². The maximum atomic E-state index is 10.6. The Morgan fingerprint density at radius 2 is 2.13 bits per heavy atom. The second kappa shape index (κ2) is 6.43. The number of unbranched alkanes of at least 4 members (excludes halogenated alkanes) is 4. The lowest BCUT2D eigenvalue weighted by molar-refractivity contribution is -0.520. The molecule has 0 amide bonds. The van der Waals surface area contributed by atoms with Crippen molar-refractivity contribution in [2.24, 2.45) is 0 Å². The number of nitrogens with zero attached hydrogens (tertiary/aromatic N) is 1. The van der Waals surface area contributed by atoms with Crippen LogP contribution in [0.2, 0.25) is 0 Å². The molecule has 0 aromatic carbocycles. The van der Waals surface area contributed by atoms with Gasteiger partial charge in [0.15, 0.2) is 19.1 Å². The Labute approximate surface area is 90.6 Å². The standard InChI is InChI=1S/C11H19NO3/c1-2-3-4-5-6-7-12-8-9-15-10(12)11(13)14/h2-9H2,1H3. The predicted molar refractivity (Wildman–Crippen MR) is 54.7 cm³/mol. The molecule has 0 saturated heterocycles. The smallest absolute Gasteiger partial charge is 0.386 e. The molecule has 0 unspecified atom stereocenters. The van der Waals surface area contributed by atoms with Crippen LogP contribution in [0.25, 0.3) is 0 Å². The molecule has 4 heteroatoms. The summed E-state index contributed by atoms with van der Waals surface area (Å²) in [5, 5.41) is 10.6. The maximum absolute atomic E-state index is 10.6. The number of aliphatic carboxylic acids is 1. The zero-order valence-corrected chi connectivity index (χ0v) is 9.33. The van der Waals surface area contributed by atoms with E-state index in [4.69, 9.17) is 4.74 Å². The normalized spacial score (nSPS) is 15.5. The van der Waals surface area contributed by atoms with Crippen molar-refractivity contribution < 1.29 is 19.2 Å². The summed E-state index contributed by atoms with van der Waals surface area (Å²) in [4.78, 5) is 10.6. The van der Waals surface area contributed by atoms with Crippen LogP contribution in [0.5, 0.6) is 0 Å². The molecule has 0 fully saturated rings. The number of ether oxygens (including phenoxy) is 1. The van der Waals surface area contributed by atoms with E-state index in [2.05, 4.69) is 6.92 Å². The highest BCUT2D eigenvalue weighted by Crippen LogP contribution is 2.04. The van der Waals surface area contributed by atoms with Crippen molar-refractivity contribution in [3.63, 3.8) is 0 Å². The van der Waals surface area contributed by atoms with Gasteiger partial charge in [0.25, 0.3) is 0 Å². The first kappa shape index (κ1) is 12.0. The van der Waals surface area contributed by atoms with Gasteiger partial charge >= 0.3 is 5.90 Å². The number of carbonyl (C=O) groups excluding carboxylic acids is 1. The Balaban J connectivity index is 2.25. The Morgan fingerprint density at radius 3 is 2.80 bits per heavy atom. The molecule has 1 aliphatic heterocycles. The molecular formula is C11H19NO3. The van der Waals surface area contributed by atoms with Gasteiger partial charge in [-0.2, -0.15) is 4.58 Å². The molecule has 1 aliphatic rings. The summed E-state index contributed by atoms with van der Waals surface area (Å²) in [5.74, 6) is -1.17. The summed E-state index contributed by atoms with van der Waals surface area (Å²) in [7, 11) is 0. The molecule has 0 aromatic heterocycles. The first-order valence-corrected chi connectivity index (χ1v) is 5.71. The van der Waals surface area contributed by atoms with Crippen molar-refractivity contribution in [2.75, 3.05) is 19.7 Å². The molecule has 0 bridgehead atoms. The van der Waals surface area contributed by atoms with Crippen molar-refractivity contribution >= 4 is 11.9 Å². The van der Waals surface area contributed by atoms with Gasteiger partial charge in [-0.15, -0.1) is 0 Å². The van der Waals surface area contributed by atoms with E-state index < -0.39 is 5.97 Å². The molecule has 0 spiro atoms. The van der Waals surface area contributed by atoms with E-state index in [0.717, 1.165) is 19.4 Å². The fraction of sp³-hybridized carbons (Fsp3) is 0.818. The fourth-order valence-electron chi connectivity index (χ4n) is 1.75. The molecule has 4 nitrogen and oxygen atoms in total. The number of hydrogen-bond acceptors (Lipinski definition) is 3. The largest absolute Gasteiger partial charge is 0.537 e. The summed E-state index contributed by atoms with van der Waals surface area (Å²) in [6.45, 7) is 4.10. The summed E-state index contributed by atoms with van der Waals surface area (Å²) in [6.07, 6.45) is 5.90. The minimum atomic E-state index is -1.19. The zero-order valence-electron chi connectivity index (χ0n) is 9.33. The number of hydrogen-bond donors (Lipinski definition) is 0. The first-order chi connectivity index (χ1) is 7.25. The summed E-state index contributed by atoms with van der Waals surface area (Å²) < 4.78 is 6.75. The van der Waals surface area contributed by atoms with Crippen LogP contribution in [0.3, 0.4) is 0 Å². The van der Waals surface area contributed by atoms with E-state index in [-0.39, 0.29) is 5.90 Å². The third-order valence-electron chi connectivity index (χ3n) is 2.59. The number of carboxylic acids is 1. The highest BCUT2D eigenvalue weighted by Gasteiger charge is 2.24. The summed E-state index contributed by atoms with van der Waals surface area (Å²) >= 11 is 0. The summed E-state index contributed by atoms with van der Waals surface area (Å²) in [6, 6.07) is 0. The van der Waals surface area contributed by atoms with Crippen molar-refractivity contribution in [2.45, 2.75) is 39.0 Å².